The van der Waals surface area contributed by atoms with Crippen molar-refractivity contribution in [2.24, 2.45) is 0 Å². The first kappa shape index (κ1) is 17.2. The van der Waals surface area contributed by atoms with E-state index in [1.165, 1.54) is 16.4 Å². The summed E-state index contributed by atoms with van der Waals surface area (Å²) in [5.41, 5.74) is 1.02. The molecule has 1 aromatic rings. The lowest BCUT2D eigenvalue weighted by molar-refractivity contribution is 0.0958. The molecule has 6 heteroatoms. The summed E-state index contributed by atoms with van der Waals surface area (Å²) < 4.78 is 26.3. The van der Waals surface area contributed by atoms with Crippen LogP contribution in [0, 0.1) is 19.3 Å². The minimum absolute atomic E-state index is 0.102. The maximum atomic E-state index is 12.5. The molecule has 0 heterocycles. The molecule has 114 valence electrons. The van der Waals surface area contributed by atoms with Crippen molar-refractivity contribution in [3.05, 3.63) is 29.3 Å². The number of amides is 1. The van der Waals surface area contributed by atoms with Crippen LogP contribution in [0.1, 0.15) is 29.8 Å². The van der Waals surface area contributed by atoms with E-state index < -0.39 is 10.0 Å². The Morgan fingerprint density at radius 2 is 1.95 bits per heavy atom. The van der Waals surface area contributed by atoms with Crippen LogP contribution in [-0.2, 0) is 10.0 Å². The molecule has 0 spiro atoms. The van der Waals surface area contributed by atoms with Gasteiger partial charge in [-0.3, -0.25) is 4.79 Å². The van der Waals surface area contributed by atoms with Crippen LogP contribution in [0.2, 0.25) is 0 Å². The van der Waals surface area contributed by atoms with Gasteiger partial charge in [-0.2, -0.15) is 4.31 Å². The molecule has 0 aliphatic rings. The van der Waals surface area contributed by atoms with Gasteiger partial charge in [0.1, 0.15) is 0 Å². The summed E-state index contributed by atoms with van der Waals surface area (Å²) >= 11 is 0. The first-order chi connectivity index (χ1) is 9.88. The number of sulfonamides is 1. The normalized spacial score (nSPS) is 11.2. The fourth-order valence-electron chi connectivity index (χ4n) is 1.95. The van der Waals surface area contributed by atoms with Gasteiger partial charge in [-0.25, -0.2) is 8.42 Å². The van der Waals surface area contributed by atoms with Crippen molar-refractivity contribution in [3.63, 3.8) is 0 Å². The smallest absolute Gasteiger partial charge is 0.252 e. The van der Waals surface area contributed by atoms with E-state index >= 15 is 0 Å². The maximum Gasteiger partial charge on any atom is 0.252 e. The van der Waals surface area contributed by atoms with Crippen molar-refractivity contribution in [2.45, 2.75) is 25.7 Å². The SMILES string of the molecule is C#CCNC(=O)c1cc(S(=O)(=O)N(CC)CC)ccc1C. The molecule has 0 bridgehead atoms. The van der Waals surface area contributed by atoms with E-state index in [2.05, 4.69) is 11.2 Å². The van der Waals surface area contributed by atoms with Gasteiger partial charge in [0.2, 0.25) is 10.0 Å². The predicted octanol–water partition coefficient (Wildman–Crippen LogP) is 1.39. The lowest BCUT2D eigenvalue weighted by Gasteiger charge is -2.19. The molecule has 1 amide bonds. The van der Waals surface area contributed by atoms with E-state index in [4.69, 9.17) is 6.42 Å². The molecular formula is C15H20N2O3S. The Morgan fingerprint density at radius 3 is 2.48 bits per heavy atom. The van der Waals surface area contributed by atoms with Gasteiger partial charge < -0.3 is 5.32 Å². The Labute approximate surface area is 126 Å². The molecule has 0 fully saturated rings. The number of nitrogens with zero attached hydrogens (tertiary/aromatic N) is 1. The zero-order chi connectivity index (χ0) is 16.0. The van der Waals surface area contributed by atoms with E-state index in [0.29, 0.717) is 24.2 Å². The van der Waals surface area contributed by atoms with Crippen molar-refractivity contribution in [1.29, 1.82) is 0 Å². The fourth-order valence-corrected chi connectivity index (χ4v) is 3.43. The Hall–Kier alpha value is -1.84. The van der Waals surface area contributed by atoms with Crippen LogP contribution < -0.4 is 5.32 Å². The van der Waals surface area contributed by atoms with Gasteiger partial charge in [0.05, 0.1) is 11.4 Å². The molecule has 0 unspecified atom stereocenters. The van der Waals surface area contributed by atoms with Crippen LogP contribution in [0.15, 0.2) is 23.1 Å². The first-order valence-corrected chi connectivity index (χ1v) is 8.14. The third-order valence-electron chi connectivity index (χ3n) is 3.15. The van der Waals surface area contributed by atoms with Crippen molar-refractivity contribution in [2.75, 3.05) is 19.6 Å². The van der Waals surface area contributed by atoms with Crippen molar-refractivity contribution in [1.82, 2.24) is 9.62 Å². The van der Waals surface area contributed by atoms with Crippen LogP contribution in [0.4, 0.5) is 0 Å². The highest BCUT2D eigenvalue weighted by Crippen LogP contribution is 2.19. The van der Waals surface area contributed by atoms with Crippen LogP contribution in [0.5, 0.6) is 0 Å². The molecule has 21 heavy (non-hydrogen) atoms. The topological polar surface area (TPSA) is 66.5 Å². The van der Waals surface area contributed by atoms with Crippen LogP contribution in [0.25, 0.3) is 0 Å². The molecule has 0 saturated carbocycles. The lowest BCUT2D eigenvalue weighted by Crippen LogP contribution is -2.31. The molecule has 5 nitrogen and oxygen atoms in total. The Kier molecular flexibility index (Phi) is 5.94. The quantitative estimate of drug-likeness (QED) is 0.808. The lowest BCUT2D eigenvalue weighted by atomic mass is 10.1. The summed E-state index contributed by atoms with van der Waals surface area (Å²) in [6.07, 6.45) is 5.10. The molecule has 0 radical (unpaired) electrons. The number of hydrogen-bond donors (Lipinski definition) is 1. The first-order valence-electron chi connectivity index (χ1n) is 6.70. The zero-order valence-electron chi connectivity index (χ0n) is 12.5. The van der Waals surface area contributed by atoms with Gasteiger partial charge >= 0.3 is 0 Å². The van der Waals surface area contributed by atoms with Gasteiger partial charge in [0, 0.05) is 18.7 Å². The highest BCUT2D eigenvalue weighted by molar-refractivity contribution is 7.89. The zero-order valence-corrected chi connectivity index (χ0v) is 13.3. The minimum Gasteiger partial charge on any atom is -0.341 e. The highest BCUT2D eigenvalue weighted by atomic mass is 32.2. The summed E-state index contributed by atoms with van der Waals surface area (Å²) in [4.78, 5) is 12.1. The standard InChI is InChI=1S/C15H20N2O3S/c1-5-10-16-15(18)14-11-13(9-8-12(14)4)21(19,20)17(6-2)7-3/h1,8-9,11H,6-7,10H2,2-4H3,(H,16,18). The van der Waals surface area contributed by atoms with Crippen LogP contribution in [0.3, 0.4) is 0 Å². The van der Waals surface area contributed by atoms with Gasteiger partial charge in [-0.1, -0.05) is 25.8 Å². The molecule has 1 N–H and O–H groups in total. The molecule has 0 saturated heterocycles. The largest absolute Gasteiger partial charge is 0.341 e. The van der Waals surface area contributed by atoms with Crippen molar-refractivity contribution >= 4 is 15.9 Å². The molecular weight excluding hydrogens is 288 g/mol. The molecule has 0 aliphatic carbocycles. The van der Waals surface area contributed by atoms with E-state index in [9.17, 15) is 13.2 Å². The van der Waals surface area contributed by atoms with Crippen LogP contribution >= 0.6 is 0 Å². The molecule has 0 aliphatic heterocycles. The number of carbonyl (C=O) groups is 1. The van der Waals surface area contributed by atoms with E-state index in [0.717, 1.165) is 0 Å². The van der Waals surface area contributed by atoms with E-state index in [1.54, 1.807) is 26.8 Å². The number of terminal acetylenes is 1. The summed E-state index contributed by atoms with van der Waals surface area (Å²) in [5, 5.41) is 2.54. The molecule has 1 rings (SSSR count). The Bertz CT molecular complexity index is 656. The number of rotatable bonds is 6. The third kappa shape index (κ3) is 3.84. The maximum absolute atomic E-state index is 12.5. The van der Waals surface area contributed by atoms with Crippen LogP contribution in [-0.4, -0.2) is 38.3 Å². The number of nitrogens with one attached hydrogen (secondary N) is 1. The fraction of sp³-hybridized carbons (Fsp3) is 0.400. The minimum atomic E-state index is -3.58. The third-order valence-corrected chi connectivity index (χ3v) is 5.19. The summed E-state index contributed by atoms with van der Waals surface area (Å²) in [7, 11) is -3.58. The van der Waals surface area contributed by atoms with E-state index in [-0.39, 0.29) is 17.3 Å². The molecule has 0 atom stereocenters. The average Bonchev–Trinajstić information content (AvgIpc) is 2.46. The number of hydrogen-bond acceptors (Lipinski definition) is 3. The number of aryl methyl sites for hydroxylation is 1. The monoisotopic (exact) mass is 308 g/mol. The summed E-state index contributed by atoms with van der Waals surface area (Å²) in [6.45, 7) is 6.16. The van der Waals surface area contributed by atoms with Gasteiger partial charge in [-0.05, 0) is 24.6 Å². The summed E-state index contributed by atoms with van der Waals surface area (Å²) in [6, 6.07) is 4.54. The van der Waals surface area contributed by atoms with Gasteiger partial charge in [0.25, 0.3) is 5.91 Å². The van der Waals surface area contributed by atoms with Crippen molar-refractivity contribution in [3.8, 4) is 12.3 Å². The number of benzene rings is 1. The summed E-state index contributed by atoms with van der Waals surface area (Å²) in [5.74, 6) is 1.94. The van der Waals surface area contributed by atoms with Gasteiger partial charge in [-0.15, -0.1) is 6.42 Å². The number of carbonyl (C=O) groups excluding carboxylic acids is 1. The molecule has 1 aromatic carbocycles. The van der Waals surface area contributed by atoms with Gasteiger partial charge in [0.15, 0.2) is 0 Å². The Morgan fingerprint density at radius 1 is 1.33 bits per heavy atom. The second kappa shape index (κ2) is 7.25. The second-order valence-corrected chi connectivity index (χ2v) is 6.39. The Balaban J connectivity index is 3.24. The predicted molar refractivity (Wildman–Crippen MR) is 82.5 cm³/mol. The van der Waals surface area contributed by atoms with E-state index in [1.807, 2.05) is 0 Å². The van der Waals surface area contributed by atoms with Crippen molar-refractivity contribution < 1.29 is 13.2 Å². The average molecular weight is 308 g/mol. The highest BCUT2D eigenvalue weighted by Gasteiger charge is 2.23. The second-order valence-electron chi connectivity index (χ2n) is 4.45. The molecule has 0 aromatic heterocycles.